The summed E-state index contributed by atoms with van der Waals surface area (Å²) in [5.41, 5.74) is 2.56. The molecule has 0 unspecified atom stereocenters. The molecule has 2 N–H and O–H groups in total. The predicted molar refractivity (Wildman–Crippen MR) is 108 cm³/mol. The summed E-state index contributed by atoms with van der Waals surface area (Å²) in [5, 5.41) is 12.7. The maximum absolute atomic E-state index is 12.6. The quantitative estimate of drug-likeness (QED) is 0.691. The van der Waals surface area contributed by atoms with Gasteiger partial charge < -0.3 is 19.6 Å². The normalized spacial score (nSPS) is 16.1. The summed E-state index contributed by atoms with van der Waals surface area (Å²) in [5.74, 6) is -1.30. The monoisotopic (exact) mass is 401 g/mol. The highest BCUT2D eigenvalue weighted by Gasteiger charge is 2.29. The van der Waals surface area contributed by atoms with E-state index in [0.29, 0.717) is 29.7 Å². The summed E-state index contributed by atoms with van der Waals surface area (Å²) >= 11 is 0. The van der Waals surface area contributed by atoms with Crippen LogP contribution in [-0.2, 0) is 22.4 Å². The van der Waals surface area contributed by atoms with Crippen molar-refractivity contribution in [2.24, 2.45) is 5.92 Å². The molecule has 0 radical (unpaired) electrons. The van der Waals surface area contributed by atoms with Crippen LogP contribution in [0.5, 0.6) is 5.75 Å². The number of carboxylic acids is 1. The van der Waals surface area contributed by atoms with Crippen LogP contribution in [0.2, 0.25) is 0 Å². The third-order valence-electron chi connectivity index (χ3n) is 5.63. The van der Waals surface area contributed by atoms with E-state index in [9.17, 15) is 19.5 Å². The van der Waals surface area contributed by atoms with Crippen molar-refractivity contribution in [1.29, 1.82) is 0 Å². The van der Waals surface area contributed by atoms with E-state index in [1.807, 2.05) is 19.9 Å². The summed E-state index contributed by atoms with van der Waals surface area (Å²) in [4.78, 5) is 36.3. The molecule has 3 rings (SSSR count). The van der Waals surface area contributed by atoms with Gasteiger partial charge in [0.15, 0.2) is 6.10 Å². The van der Waals surface area contributed by atoms with Crippen molar-refractivity contribution in [2.45, 2.75) is 65.5 Å². The second-order valence-corrected chi connectivity index (χ2v) is 7.81. The zero-order chi connectivity index (χ0) is 21.3. The first-order valence-corrected chi connectivity index (χ1v) is 10.0. The first kappa shape index (κ1) is 20.9. The Morgan fingerprint density at radius 1 is 1.24 bits per heavy atom. The minimum absolute atomic E-state index is 0.207. The number of carboxylic acid groups (broad SMARTS) is 1. The molecule has 1 aromatic carbocycles. The molecule has 2 aromatic rings. The molecule has 0 saturated carbocycles. The van der Waals surface area contributed by atoms with E-state index >= 15 is 0 Å². The molecule has 3 atom stereocenters. The van der Waals surface area contributed by atoms with Gasteiger partial charge in [0, 0.05) is 5.56 Å². The molecule has 0 spiro atoms. The zero-order valence-electron chi connectivity index (χ0n) is 17.2. The van der Waals surface area contributed by atoms with Gasteiger partial charge in [0.1, 0.15) is 17.4 Å². The SMILES string of the molecule is CC[C@@H](C)[C@H](NC(=O)[C@@H](C)Oc1cc(C)cc2oc(=O)c3c(c12)CCC3)C(=O)O. The molecule has 7 nitrogen and oxygen atoms in total. The number of ether oxygens (including phenoxy) is 1. The number of fused-ring (bicyclic) bond motifs is 3. The molecule has 1 aromatic heterocycles. The number of hydrogen-bond donors (Lipinski definition) is 2. The van der Waals surface area contributed by atoms with E-state index in [-0.39, 0.29) is 11.5 Å². The van der Waals surface area contributed by atoms with Crippen LogP contribution in [0.25, 0.3) is 11.0 Å². The van der Waals surface area contributed by atoms with Crippen LogP contribution in [0.15, 0.2) is 21.3 Å². The summed E-state index contributed by atoms with van der Waals surface area (Å²) in [7, 11) is 0. The third kappa shape index (κ3) is 4.13. The first-order valence-electron chi connectivity index (χ1n) is 10.0. The molecule has 29 heavy (non-hydrogen) atoms. The van der Waals surface area contributed by atoms with Crippen molar-refractivity contribution >= 4 is 22.8 Å². The topological polar surface area (TPSA) is 106 Å². The van der Waals surface area contributed by atoms with E-state index in [1.165, 1.54) is 0 Å². The predicted octanol–water partition coefficient (Wildman–Crippen LogP) is 2.97. The Kier molecular flexibility index (Phi) is 5.96. The van der Waals surface area contributed by atoms with Gasteiger partial charge in [-0.15, -0.1) is 0 Å². The number of aryl methyl sites for hydroxylation is 2. The highest BCUT2D eigenvalue weighted by molar-refractivity contribution is 5.90. The highest BCUT2D eigenvalue weighted by Crippen LogP contribution is 2.35. The fourth-order valence-electron chi connectivity index (χ4n) is 3.80. The van der Waals surface area contributed by atoms with Crippen molar-refractivity contribution in [2.75, 3.05) is 0 Å². The van der Waals surface area contributed by atoms with Gasteiger partial charge >= 0.3 is 11.6 Å². The molecule has 156 valence electrons. The van der Waals surface area contributed by atoms with Gasteiger partial charge in [-0.3, -0.25) is 4.79 Å². The standard InChI is InChI=1S/C22H27NO6/c1-5-12(3)19(21(25)26)23-20(24)13(4)28-16-9-11(2)10-17-18(16)14-7-6-8-15(14)22(27)29-17/h9-10,12-13,19H,5-8H2,1-4H3,(H,23,24)(H,25,26)/t12-,13-,19+/m1/s1. The number of benzene rings is 1. The Hall–Kier alpha value is -2.83. The van der Waals surface area contributed by atoms with Crippen molar-refractivity contribution in [1.82, 2.24) is 5.32 Å². The highest BCUT2D eigenvalue weighted by atomic mass is 16.5. The Morgan fingerprint density at radius 3 is 2.59 bits per heavy atom. The number of carbonyl (C=O) groups is 2. The summed E-state index contributed by atoms with van der Waals surface area (Å²) in [6.45, 7) is 7.09. The van der Waals surface area contributed by atoms with Gasteiger partial charge in [0.05, 0.1) is 5.39 Å². The van der Waals surface area contributed by atoms with Gasteiger partial charge in [0.2, 0.25) is 0 Å². The fourth-order valence-corrected chi connectivity index (χ4v) is 3.80. The van der Waals surface area contributed by atoms with Crippen LogP contribution in [0, 0.1) is 12.8 Å². The number of carbonyl (C=O) groups excluding carboxylic acids is 1. The molecule has 7 heteroatoms. The molecule has 1 amide bonds. The lowest BCUT2D eigenvalue weighted by Gasteiger charge is -2.23. The largest absolute Gasteiger partial charge is 0.480 e. The van der Waals surface area contributed by atoms with E-state index in [2.05, 4.69) is 5.32 Å². The van der Waals surface area contributed by atoms with Crippen molar-refractivity contribution in [3.63, 3.8) is 0 Å². The molecule has 1 aliphatic rings. The minimum Gasteiger partial charge on any atom is -0.480 e. The lowest BCUT2D eigenvalue weighted by atomic mass is 9.99. The number of aliphatic carboxylic acids is 1. The number of nitrogens with one attached hydrogen (secondary N) is 1. The maximum Gasteiger partial charge on any atom is 0.339 e. The average Bonchev–Trinajstić information content (AvgIpc) is 3.14. The summed E-state index contributed by atoms with van der Waals surface area (Å²) in [6, 6.07) is 2.62. The number of rotatable bonds is 7. The van der Waals surface area contributed by atoms with Crippen LogP contribution in [0.3, 0.4) is 0 Å². The lowest BCUT2D eigenvalue weighted by molar-refractivity contribution is -0.144. The van der Waals surface area contributed by atoms with E-state index in [0.717, 1.165) is 29.4 Å². The van der Waals surface area contributed by atoms with Crippen molar-refractivity contribution in [3.05, 3.63) is 39.2 Å². The number of hydrogen-bond acceptors (Lipinski definition) is 5. The van der Waals surface area contributed by atoms with E-state index in [1.54, 1.807) is 19.9 Å². The van der Waals surface area contributed by atoms with Gasteiger partial charge in [0.25, 0.3) is 5.91 Å². The lowest BCUT2D eigenvalue weighted by Crippen LogP contribution is -2.49. The van der Waals surface area contributed by atoms with E-state index in [4.69, 9.17) is 9.15 Å². The van der Waals surface area contributed by atoms with Crippen LogP contribution in [0.1, 0.15) is 50.3 Å². The summed E-state index contributed by atoms with van der Waals surface area (Å²) in [6.07, 6.45) is 2.02. The summed E-state index contributed by atoms with van der Waals surface area (Å²) < 4.78 is 11.5. The fraction of sp³-hybridized carbons (Fsp3) is 0.500. The van der Waals surface area contributed by atoms with Gasteiger partial charge in [-0.05, 0) is 62.3 Å². The molecule has 0 aliphatic heterocycles. The Labute approximate surface area is 169 Å². The molecule has 0 bridgehead atoms. The minimum atomic E-state index is -1.07. The Morgan fingerprint density at radius 2 is 1.93 bits per heavy atom. The van der Waals surface area contributed by atoms with Crippen LogP contribution in [-0.4, -0.2) is 29.1 Å². The molecule has 0 saturated heterocycles. The van der Waals surface area contributed by atoms with Crippen LogP contribution < -0.4 is 15.7 Å². The first-order chi connectivity index (χ1) is 13.7. The molecule has 1 aliphatic carbocycles. The van der Waals surface area contributed by atoms with Gasteiger partial charge in [-0.25, -0.2) is 9.59 Å². The second-order valence-electron chi connectivity index (χ2n) is 7.81. The smallest absolute Gasteiger partial charge is 0.339 e. The maximum atomic E-state index is 12.6. The number of amides is 1. The third-order valence-corrected chi connectivity index (χ3v) is 5.63. The second kappa shape index (κ2) is 8.27. The van der Waals surface area contributed by atoms with Gasteiger partial charge in [-0.1, -0.05) is 20.3 Å². The Balaban J connectivity index is 1.91. The zero-order valence-corrected chi connectivity index (χ0v) is 17.2. The Bertz CT molecular complexity index is 1010. The molecular weight excluding hydrogens is 374 g/mol. The molecule has 0 fully saturated rings. The molecular formula is C22H27NO6. The molecule has 1 heterocycles. The van der Waals surface area contributed by atoms with Crippen molar-refractivity contribution < 1.29 is 23.8 Å². The van der Waals surface area contributed by atoms with Crippen LogP contribution >= 0.6 is 0 Å². The van der Waals surface area contributed by atoms with Gasteiger partial charge in [-0.2, -0.15) is 0 Å². The average molecular weight is 401 g/mol. The van der Waals surface area contributed by atoms with Crippen molar-refractivity contribution in [3.8, 4) is 5.75 Å². The van der Waals surface area contributed by atoms with Crippen LogP contribution in [0.4, 0.5) is 0 Å². The van der Waals surface area contributed by atoms with E-state index < -0.39 is 24.0 Å².